The number of aryl methyl sites for hydroxylation is 2. The molecule has 0 aliphatic heterocycles. The number of hydrogen-bond acceptors (Lipinski definition) is 2. The van der Waals surface area contributed by atoms with Gasteiger partial charge in [0.15, 0.2) is 0 Å². The van der Waals surface area contributed by atoms with Gasteiger partial charge in [0.05, 0.1) is 0 Å². The number of rotatable bonds is 3. The van der Waals surface area contributed by atoms with E-state index in [1.807, 2.05) is 18.2 Å². The third-order valence-electron chi connectivity index (χ3n) is 3.97. The van der Waals surface area contributed by atoms with Crippen molar-refractivity contribution < 1.29 is 9.59 Å². The molecule has 0 unspecified atom stereocenters. The van der Waals surface area contributed by atoms with Gasteiger partial charge in [0.1, 0.15) is 0 Å². The second-order valence-electron chi connectivity index (χ2n) is 5.45. The van der Waals surface area contributed by atoms with Gasteiger partial charge < -0.3 is 10.6 Å². The molecule has 112 valence electrons. The van der Waals surface area contributed by atoms with Crippen LogP contribution in [0.5, 0.6) is 0 Å². The minimum Gasteiger partial charge on any atom is -0.355 e. The summed E-state index contributed by atoms with van der Waals surface area (Å²) in [6.07, 6.45) is 3.31. The molecule has 0 saturated carbocycles. The normalized spacial score (nSPS) is 12.6. The maximum absolute atomic E-state index is 12.4. The van der Waals surface area contributed by atoms with E-state index < -0.39 is 0 Å². The highest BCUT2D eigenvalue weighted by molar-refractivity contribution is 6.05. The molecular weight excluding hydrogens is 276 g/mol. The minimum absolute atomic E-state index is 0.149. The van der Waals surface area contributed by atoms with Crippen molar-refractivity contribution in [3.05, 3.63) is 64.7 Å². The van der Waals surface area contributed by atoms with Gasteiger partial charge in [-0.05, 0) is 60.7 Å². The van der Waals surface area contributed by atoms with Crippen molar-refractivity contribution in [3.63, 3.8) is 0 Å². The lowest BCUT2D eigenvalue weighted by atomic mass is 10.1. The SMILES string of the molecule is CNC(=O)c1cccc(NC(=O)c2ccc3c(c2)CCC3)c1. The Labute approximate surface area is 129 Å². The molecule has 1 aliphatic rings. The van der Waals surface area contributed by atoms with E-state index in [2.05, 4.69) is 10.6 Å². The molecule has 2 aromatic rings. The first-order valence-electron chi connectivity index (χ1n) is 7.42. The zero-order valence-corrected chi connectivity index (χ0v) is 12.5. The number of benzene rings is 2. The molecule has 22 heavy (non-hydrogen) atoms. The van der Waals surface area contributed by atoms with Crippen LogP contribution in [-0.4, -0.2) is 18.9 Å². The molecule has 2 amide bonds. The van der Waals surface area contributed by atoms with Gasteiger partial charge in [-0.2, -0.15) is 0 Å². The summed E-state index contributed by atoms with van der Waals surface area (Å²) in [6.45, 7) is 0. The molecule has 0 saturated heterocycles. The molecule has 0 radical (unpaired) electrons. The van der Waals surface area contributed by atoms with Crippen LogP contribution in [0.4, 0.5) is 5.69 Å². The molecule has 0 aromatic heterocycles. The van der Waals surface area contributed by atoms with Gasteiger partial charge >= 0.3 is 0 Å². The minimum atomic E-state index is -0.173. The monoisotopic (exact) mass is 294 g/mol. The molecule has 2 aromatic carbocycles. The van der Waals surface area contributed by atoms with Crippen LogP contribution in [0.2, 0.25) is 0 Å². The molecule has 0 heterocycles. The van der Waals surface area contributed by atoms with Gasteiger partial charge in [0.2, 0.25) is 0 Å². The standard InChI is InChI=1S/C18H18N2O2/c1-19-17(21)14-6-3-7-16(11-14)20-18(22)15-9-8-12-4-2-5-13(12)10-15/h3,6-11H,2,4-5H2,1H3,(H,19,21)(H,20,22). The quantitative estimate of drug-likeness (QED) is 0.914. The number of nitrogens with one attached hydrogen (secondary N) is 2. The number of anilines is 1. The van der Waals surface area contributed by atoms with Crippen molar-refractivity contribution in [1.82, 2.24) is 5.32 Å². The fourth-order valence-corrected chi connectivity index (χ4v) is 2.80. The van der Waals surface area contributed by atoms with Crippen LogP contribution in [0.15, 0.2) is 42.5 Å². The lowest BCUT2D eigenvalue weighted by Gasteiger charge is -2.08. The number of fused-ring (bicyclic) bond motifs is 1. The summed E-state index contributed by atoms with van der Waals surface area (Å²) in [6, 6.07) is 12.8. The highest BCUT2D eigenvalue weighted by atomic mass is 16.2. The maximum atomic E-state index is 12.4. The Morgan fingerprint density at radius 3 is 2.50 bits per heavy atom. The third kappa shape index (κ3) is 2.86. The van der Waals surface area contributed by atoms with E-state index in [0.717, 1.165) is 19.3 Å². The summed E-state index contributed by atoms with van der Waals surface area (Å²) in [5, 5.41) is 5.42. The lowest BCUT2D eigenvalue weighted by Crippen LogP contribution is -2.18. The van der Waals surface area contributed by atoms with Crippen LogP contribution in [0.25, 0.3) is 0 Å². The highest BCUT2D eigenvalue weighted by Crippen LogP contribution is 2.23. The van der Waals surface area contributed by atoms with Gasteiger partial charge in [0.25, 0.3) is 11.8 Å². The number of carbonyl (C=O) groups is 2. The van der Waals surface area contributed by atoms with E-state index >= 15 is 0 Å². The Hall–Kier alpha value is -2.62. The second-order valence-corrected chi connectivity index (χ2v) is 5.45. The van der Waals surface area contributed by atoms with Crippen molar-refractivity contribution >= 4 is 17.5 Å². The van der Waals surface area contributed by atoms with Crippen LogP contribution >= 0.6 is 0 Å². The first-order valence-corrected chi connectivity index (χ1v) is 7.42. The van der Waals surface area contributed by atoms with Crippen LogP contribution in [-0.2, 0) is 12.8 Å². The molecule has 1 aliphatic carbocycles. The van der Waals surface area contributed by atoms with Gasteiger partial charge in [-0.1, -0.05) is 12.1 Å². The van der Waals surface area contributed by atoms with Crippen molar-refractivity contribution in [3.8, 4) is 0 Å². The summed E-state index contributed by atoms with van der Waals surface area (Å²) in [4.78, 5) is 24.0. The van der Waals surface area contributed by atoms with E-state index in [1.54, 1.807) is 31.3 Å². The van der Waals surface area contributed by atoms with Gasteiger partial charge in [-0.25, -0.2) is 0 Å². The molecular formula is C18H18N2O2. The fourth-order valence-electron chi connectivity index (χ4n) is 2.80. The van der Waals surface area contributed by atoms with Gasteiger partial charge in [-0.3, -0.25) is 9.59 Å². The Kier molecular flexibility index (Phi) is 3.92. The Bertz CT molecular complexity index is 738. The Morgan fingerprint density at radius 2 is 1.68 bits per heavy atom. The highest BCUT2D eigenvalue weighted by Gasteiger charge is 2.14. The molecule has 2 N–H and O–H groups in total. The topological polar surface area (TPSA) is 58.2 Å². The van der Waals surface area contributed by atoms with E-state index in [4.69, 9.17) is 0 Å². The molecule has 0 bridgehead atoms. The van der Waals surface area contributed by atoms with Crippen molar-refractivity contribution in [2.24, 2.45) is 0 Å². The summed E-state index contributed by atoms with van der Waals surface area (Å²) < 4.78 is 0. The van der Waals surface area contributed by atoms with E-state index in [0.29, 0.717) is 16.8 Å². The zero-order chi connectivity index (χ0) is 15.5. The Balaban J connectivity index is 1.78. The van der Waals surface area contributed by atoms with E-state index in [9.17, 15) is 9.59 Å². The van der Waals surface area contributed by atoms with Crippen LogP contribution in [0.1, 0.15) is 38.3 Å². The predicted octanol–water partition coefficient (Wildman–Crippen LogP) is 2.79. The number of amides is 2. The van der Waals surface area contributed by atoms with Crippen LogP contribution < -0.4 is 10.6 Å². The molecule has 4 heteroatoms. The number of hydrogen-bond donors (Lipinski definition) is 2. The van der Waals surface area contributed by atoms with Gasteiger partial charge in [0, 0.05) is 23.9 Å². The number of carbonyl (C=O) groups excluding carboxylic acids is 2. The van der Waals surface area contributed by atoms with Crippen molar-refractivity contribution in [2.75, 3.05) is 12.4 Å². The molecule has 3 rings (SSSR count). The summed E-state index contributed by atoms with van der Waals surface area (Å²) in [5.74, 6) is -0.322. The van der Waals surface area contributed by atoms with Gasteiger partial charge in [-0.15, -0.1) is 0 Å². The zero-order valence-electron chi connectivity index (χ0n) is 12.5. The van der Waals surface area contributed by atoms with Crippen molar-refractivity contribution in [1.29, 1.82) is 0 Å². The second kappa shape index (κ2) is 6.02. The third-order valence-corrected chi connectivity index (χ3v) is 3.97. The summed E-state index contributed by atoms with van der Waals surface area (Å²) in [5.41, 5.74) is 4.41. The smallest absolute Gasteiger partial charge is 0.255 e. The first kappa shape index (κ1) is 14.3. The first-order chi connectivity index (χ1) is 10.7. The average Bonchev–Trinajstić information content (AvgIpc) is 3.01. The van der Waals surface area contributed by atoms with Crippen LogP contribution in [0, 0.1) is 0 Å². The molecule has 0 fully saturated rings. The summed E-state index contributed by atoms with van der Waals surface area (Å²) in [7, 11) is 1.58. The predicted molar refractivity (Wildman–Crippen MR) is 86.3 cm³/mol. The average molecular weight is 294 g/mol. The van der Waals surface area contributed by atoms with Crippen LogP contribution in [0.3, 0.4) is 0 Å². The fraction of sp³-hybridized carbons (Fsp3) is 0.222. The van der Waals surface area contributed by atoms with Crippen molar-refractivity contribution in [2.45, 2.75) is 19.3 Å². The molecule has 0 spiro atoms. The lowest BCUT2D eigenvalue weighted by molar-refractivity contribution is 0.0961. The summed E-state index contributed by atoms with van der Waals surface area (Å²) >= 11 is 0. The Morgan fingerprint density at radius 1 is 0.909 bits per heavy atom. The van der Waals surface area contributed by atoms with E-state index in [-0.39, 0.29) is 11.8 Å². The largest absolute Gasteiger partial charge is 0.355 e. The van der Waals surface area contributed by atoms with E-state index in [1.165, 1.54) is 11.1 Å². The maximum Gasteiger partial charge on any atom is 0.255 e. The molecule has 4 nitrogen and oxygen atoms in total. The molecule has 0 atom stereocenters.